The molecule has 0 atom stereocenters. The Morgan fingerprint density at radius 1 is 1.64 bits per heavy atom. The minimum absolute atomic E-state index is 0.553. The summed E-state index contributed by atoms with van der Waals surface area (Å²) in [6, 6.07) is 3.75. The highest BCUT2D eigenvalue weighted by Crippen LogP contribution is 2.00. The van der Waals surface area contributed by atoms with Gasteiger partial charge in [-0.25, -0.2) is 0 Å². The largest absolute Gasteiger partial charge is 0.467 e. The van der Waals surface area contributed by atoms with Crippen molar-refractivity contribution < 1.29 is 9.15 Å². The molecule has 0 aliphatic carbocycles. The lowest BCUT2D eigenvalue weighted by Crippen LogP contribution is -1.90. The molecule has 0 spiro atoms. The van der Waals surface area contributed by atoms with E-state index in [1.54, 1.807) is 6.26 Å². The Morgan fingerprint density at radius 3 is 3.18 bits per heavy atom. The number of rotatable bonds is 4. The van der Waals surface area contributed by atoms with Crippen molar-refractivity contribution in [2.75, 3.05) is 6.61 Å². The summed E-state index contributed by atoms with van der Waals surface area (Å²) >= 11 is 0. The van der Waals surface area contributed by atoms with Gasteiger partial charge in [-0.1, -0.05) is 12.2 Å². The Labute approximate surface area is 66.5 Å². The van der Waals surface area contributed by atoms with Crippen molar-refractivity contribution in [3.63, 3.8) is 0 Å². The van der Waals surface area contributed by atoms with Crippen molar-refractivity contribution in [3.05, 3.63) is 36.3 Å². The van der Waals surface area contributed by atoms with Gasteiger partial charge in [0.2, 0.25) is 0 Å². The number of furan rings is 1. The number of ether oxygens (including phenoxy) is 1. The molecule has 1 heterocycles. The molecule has 0 fully saturated rings. The average molecular weight is 152 g/mol. The van der Waals surface area contributed by atoms with Gasteiger partial charge in [-0.15, -0.1) is 0 Å². The Hall–Kier alpha value is -1.02. The molecule has 0 N–H and O–H groups in total. The van der Waals surface area contributed by atoms with Crippen LogP contribution in [0.15, 0.2) is 35.0 Å². The van der Waals surface area contributed by atoms with Crippen LogP contribution in [0.2, 0.25) is 0 Å². The molecular formula is C9H12O2. The first-order chi connectivity index (χ1) is 5.43. The van der Waals surface area contributed by atoms with Crippen molar-refractivity contribution in [3.8, 4) is 0 Å². The average Bonchev–Trinajstić information content (AvgIpc) is 2.50. The molecule has 2 nitrogen and oxygen atoms in total. The highest BCUT2D eigenvalue weighted by molar-refractivity contribution is 4.96. The summed E-state index contributed by atoms with van der Waals surface area (Å²) < 4.78 is 10.3. The summed E-state index contributed by atoms with van der Waals surface area (Å²) in [6.45, 7) is 3.17. The minimum Gasteiger partial charge on any atom is -0.467 e. The maximum Gasteiger partial charge on any atom is 0.129 e. The second-order valence-corrected chi connectivity index (χ2v) is 2.16. The molecule has 0 aliphatic heterocycles. The molecule has 0 aromatic carbocycles. The molecule has 0 saturated heterocycles. The summed E-state index contributed by atoms with van der Waals surface area (Å²) in [5.74, 6) is 0.870. The molecule has 0 unspecified atom stereocenters. The van der Waals surface area contributed by atoms with Gasteiger partial charge < -0.3 is 9.15 Å². The van der Waals surface area contributed by atoms with E-state index in [1.807, 2.05) is 31.2 Å². The fourth-order valence-corrected chi connectivity index (χ4v) is 0.718. The van der Waals surface area contributed by atoms with Gasteiger partial charge in [0.25, 0.3) is 0 Å². The fraction of sp³-hybridized carbons (Fsp3) is 0.333. The van der Waals surface area contributed by atoms with Crippen LogP contribution in [-0.4, -0.2) is 6.61 Å². The monoisotopic (exact) mass is 152 g/mol. The van der Waals surface area contributed by atoms with E-state index >= 15 is 0 Å². The topological polar surface area (TPSA) is 22.4 Å². The molecule has 0 bridgehead atoms. The van der Waals surface area contributed by atoms with Gasteiger partial charge in [0, 0.05) is 0 Å². The smallest absolute Gasteiger partial charge is 0.129 e. The van der Waals surface area contributed by atoms with E-state index in [0.717, 1.165) is 5.76 Å². The normalized spacial score (nSPS) is 11.0. The first kappa shape index (κ1) is 8.08. The molecule has 0 aliphatic rings. The molecule has 1 aromatic rings. The van der Waals surface area contributed by atoms with Crippen LogP contribution in [0.4, 0.5) is 0 Å². The van der Waals surface area contributed by atoms with Crippen LogP contribution in [0.3, 0.4) is 0 Å². The summed E-state index contributed by atoms with van der Waals surface area (Å²) in [5, 5.41) is 0. The van der Waals surface area contributed by atoms with Gasteiger partial charge in [-0.05, 0) is 19.1 Å². The van der Waals surface area contributed by atoms with E-state index in [1.165, 1.54) is 0 Å². The lowest BCUT2D eigenvalue weighted by atomic mass is 10.5. The van der Waals surface area contributed by atoms with E-state index < -0.39 is 0 Å². The Kier molecular flexibility index (Phi) is 3.48. The number of hydrogen-bond donors (Lipinski definition) is 0. The maximum atomic E-state index is 5.24. The molecule has 2 heteroatoms. The number of hydrogen-bond acceptors (Lipinski definition) is 2. The van der Waals surface area contributed by atoms with Crippen molar-refractivity contribution in [2.45, 2.75) is 13.5 Å². The van der Waals surface area contributed by atoms with E-state index in [0.29, 0.717) is 13.2 Å². The van der Waals surface area contributed by atoms with E-state index in [4.69, 9.17) is 9.15 Å². The van der Waals surface area contributed by atoms with Crippen LogP contribution in [0, 0.1) is 0 Å². The minimum atomic E-state index is 0.553. The van der Waals surface area contributed by atoms with Gasteiger partial charge in [0.15, 0.2) is 0 Å². The first-order valence-corrected chi connectivity index (χ1v) is 3.65. The zero-order chi connectivity index (χ0) is 7.94. The van der Waals surface area contributed by atoms with E-state index in [-0.39, 0.29) is 0 Å². The van der Waals surface area contributed by atoms with Gasteiger partial charge in [0.1, 0.15) is 12.4 Å². The summed E-state index contributed by atoms with van der Waals surface area (Å²) in [4.78, 5) is 0. The zero-order valence-corrected chi connectivity index (χ0v) is 6.62. The highest BCUT2D eigenvalue weighted by Gasteiger charge is 1.91. The summed E-state index contributed by atoms with van der Waals surface area (Å²) in [6.07, 6.45) is 5.57. The third kappa shape index (κ3) is 3.05. The Balaban J connectivity index is 2.14. The Morgan fingerprint density at radius 2 is 2.55 bits per heavy atom. The van der Waals surface area contributed by atoms with Crippen LogP contribution in [0.5, 0.6) is 0 Å². The second kappa shape index (κ2) is 4.74. The quantitative estimate of drug-likeness (QED) is 0.488. The lowest BCUT2D eigenvalue weighted by molar-refractivity contribution is 0.131. The second-order valence-electron chi connectivity index (χ2n) is 2.16. The predicted octanol–water partition coefficient (Wildman–Crippen LogP) is 2.37. The molecule has 11 heavy (non-hydrogen) atoms. The van der Waals surface area contributed by atoms with E-state index in [9.17, 15) is 0 Å². The zero-order valence-electron chi connectivity index (χ0n) is 6.62. The molecular weight excluding hydrogens is 140 g/mol. The molecule has 60 valence electrons. The van der Waals surface area contributed by atoms with Crippen LogP contribution < -0.4 is 0 Å². The summed E-state index contributed by atoms with van der Waals surface area (Å²) in [7, 11) is 0. The van der Waals surface area contributed by atoms with Crippen molar-refractivity contribution in [1.82, 2.24) is 0 Å². The lowest BCUT2D eigenvalue weighted by Gasteiger charge is -1.95. The molecule has 1 aromatic heterocycles. The van der Waals surface area contributed by atoms with Gasteiger partial charge in [-0.3, -0.25) is 0 Å². The standard InChI is InChI=1S/C9H12O2/c1-2-3-6-10-8-9-5-4-7-11-9/h2-5,7H,6,8H2,1H3/b3-2+. The third-order valence-electron chi connectivity index (χ3n) is 1.27. The fourth-order valence-electron chi connectivity index (χ4n) is 0.718. The van der Waals surface area contributed by atoms with Crippen LogP contribution in [0.25, 0.3) is 0 Å². The Bertz CT molecular complexity index is 199. The third-order valence-corrected chi connectivity index (χ3v) is 1.27. The summed E-state index contributed by atoms with van der Waals surface area (Å²) in [5.41, 5.74) is 0. The molecule has 1 rings (SSSR count). The molecule has 0 saturated carbocycles. The van der Waals surface area contributed by atoms with Crippen LogP contribution in [0.1, 0.15) is 12.7 Å². The first-order valence-electron chi connectivity index (χ1n) is 3.65. The number of allylic oxidation sites excluding steroid dienone is 1. The highest BCUT2D eigenvalue weighted by atomic mass is 16.5. The van der Waals surface area contributed by atoms with Crippen molar-refractivity contribution in [2.24, 2.45) is 0 Å². The van der Waals surface area contributed by atoms with Crippen molar-refractivity contribution >= 4 is 0 Å². The predicted molar refractivity (Wildman–Crippen MR) is 43.2 cm³/mol. The van der Waals surface area contributed by atoms with Gasteiger partial charge in [0.05, 0.1) is 12.9 Å². The van der Waals surface area contributed by atoms with Crippen molar-refractivity contribution in [1.29, 1.82) is 0 Å². The van der Waals surface area contributed by atoms with Gasteiger partial charge >= 0.3 is 0 Å². The van der Waals surface area contributed by atoms with E-state index in [2.05, 4.69) is 0 Å². The maximum absolute atomic E-state index is 5.24. The van der Waals surface area contributed by atoms with Crippen LogP contribution in [-0.2, 0) is 11.3 Å². The molecule has 0 amide bonds. The van der Waals surface area contributed by atoms with Gasteiger partial charge in [-0.2, -0.15) is 0 Å². The SMILES string of the molecule is C/C=C/COCc1ccco1. The van der Waals surface area contributed by atoms with Crippen LogP contribution >= 0.6 is 0 Å². The molecule has 0 radical (unpaired) electrons.